The van der Waals surface area contributed by atoms with Crippen LogP contribution < -0.4 is 11.1 Å². The number of nitrogens with two attached hydrogens (primary N) is 1. The monoisotopic (exact) mass is 232 g/mol. The van der Waals surface area contributed by atoms with Gasteiger partial charge in [-0.2, -0.15) is 0 Å². The summed E-state index contributed by atoms with van der Waals surface area (Å²) in [7, 11) is 0. The molecule has 0 aliphatic heterocycles. The Morgan fingerprint density at radius 1 is 1.41 bits per heavy atom. The van der Waals surface area contributed by atoms with Gasteiger partial charge < -0.3 is 11.1 Å². The number of anilines is 1. The SMILES string of the molecule is CC1CC1CNC(=O)CCc1ccc(N)cc1. The molecule has 0 saturated heterocycles. The Morgan fingerprint density at radius 2 is 2.06 bits per heavy atom. The van der Waals surface area contributed by atoms with Crippen LogP contribution in [0.25, 0.3) is 0 Å². The molecule has 3 N–H and O–H groups in total. The zero-order valence-corrected chi connectivity index (χ0v) is 10.3. The van der Waals surface area contributed by atoms with E-state index in [1.54, 1.807) is 0 Å². The number of aryl methyl sites for hydroxylation is 1. The van der Waals surface area contributed by atoms with Gasteiger partial charge in [-0.05, 0) is 42.4 Å². The molecule has 2 atom stereocenters. The summed E-state index contributed by atoms with van der Waals surface area (Å²) in [4.78, 5) is 11.6. The normalized spacial score (nSPS) is 22.2. The van der Waals surface area contributed by atoms with Gasteiger partial charge in [-0.25, -0.2) is 0 Å². The fourth-order valence-electron chi connectivity index (χ4n) is 1.96. The maximum atomic E-state index is 11.6. The van der Waals surface area contributed by atoms with E-state index in [9.17, 15) is 4.79 Å². The summed E-state index contributed by atoms with van der Waals surface area (Å²) in [5.41, 5.74) is 7.53. The van der Waals surface area contributed by atoms with Crippen LogP contribution in [-0.4, -0.2) is 12.5 Å². The van der Waals surface area contributed by atoms with Crippen molar-refractivity contribution in [2.24, 2.45) is 11.8 Å². The highest BCUT2D eigenvalue weighted by atomic mass is 16.1. The Bertz CT molecular complexity index is 386. The van der Waals surface area contributed by atoms with Gasteiger partial charge in [0, 0.05) is 18.7 Å². The lowest BCUT2D eigenvalue weighted by Crippen LogP contribution is -2.26. The van der Waals surface area contributed by atoms with Gasteiger partial charge in [0.15, 0.2) is 0 Å². The highest BCUT2D eigenvalue weighted by Crippen LogP contribution is 2.36. The lowest BCUT2D eigenvalue weighted by molar-refractivity contribution is -0.121. The number of carbonyl (C=O) groups is 1. The van der Waals surface area contributed by atoms with E-state index in [1.165, 1.54) is 6.42 Å². The number of nitrogens with one attached hydrogen (secondary N) is 1. The van der Waals surface area contributed by atoms with Crippen LogP contribution in [0.4, 0.5) is 5.69 Å². The minimum atomic E-state index is 0.154. The topological polar surface area (TPSA) is 55.1 Å². The second-order valence-corrected chi connectivity index (χ2v) is 5.02. The van der Waals surface area contributed by atoms with E-state index < -0.39 is 0 Å². The van der Waals surface area contributed by atoms with Crippen molar-refractivity contribution in [3.05, 3.63) is 29.8 Å². The van der Waals surface area contributed by atoms with Gasteiger partial charge in [0.2, 0.25) is 5.91 Å². The molecule has 3 nitrogen and oxygen atoms in total. The zero-order chi connectivity index (χ0) is 12.3. The summed E-state index contributed by atoms with van der Waals surface area (Å²) in [5.74, 6) is 1.67. The van der Waals surface area contributed by atoms with Crippen LogP contribution in [0, 0.1) is 11.8 Å². The minimum absolute atomic E-state index is 0.154. The van der Waals surface area contributed by atoms with Gasteiger partial charge in [-0.1, -0.05) is 19.1 Å². The summed E-state index contributed by atoms with van der Waals surface area (Å²) in [6.07, 6.45) is 2.61. The molecule has 1 aliphatic carbocycles. The number of nitrogen functional groups attached to an aromatic ring is 1. The molecular weight excluding hydrogens is 212 g/mol. The number of hydrogen-bond donors (Lipinski definition) is 2. The van der Waals surface area contributed by atoms with E-state index in [1.807, 2.05) is 24.3 Å². The third kappa shape index (κ3) is 3.77. The molecule has 1 aromatic rings. The first kappa shape index (κ1) is 12.0. The molecule has 0 spiro atoms. The van der Waals surface area contributed by atoms with Crippen molar-refractivity contribution in [1.29, 1.82) is 0 Å². The van der Waals surface area contributed by atoms with Gasteiger partial charge in [0.1, 0.15) is 0 Å². The number of carbonyl (C=O) groups excluding carboxylic acids is 1. The van der Waals surface area contributed by atoms with Gasteiger partial charge >= 0.3 is 0 Å². The van der Waals surface area contributed by atoms with Crippen LogP contribution >= 0.6 is 0 Å². The summed E-state index contributed by atoms with van der Waals surface area (Å²) >= 11 is 0. The van der Waals surface area contributed by atoms with E-state index in [-0.39, 0.29) is 5.91 Å². The lowest BCUT2D eigenvalue weighted by atomic mass is 10.1. The number of amides is 1. The molecule has 0 radical (unpaired) electrons. The average Bonchev–Trinajstić information content (AvgIpc) is 3.02. The van der Waals surface area contributed by atoms with Gasteiger partial charge in [0.05, 0.1) is 0 Å². The summed E-state index contributed by atoms with van der Waals surface area (Å²) < 4.78 is 0. The van der Waals surface area contributed by atoms with Crippen LogP contribution in [0.2, 0.25) is 0 Å². The summed E-state index contributed by atoms with van der Waals surface area (Å²) in [6.45, 7) is 3.08. The minimum Gasteiger partial charge on any atom is -0.399 e. The molecule has 2 unspecified atom stereocenters. The third-order valence-electron chi connectivity index (χ3n) is 3.46. The Kier molecular flexibility index (Phi) is 3.67. The standard InChI is InChI=1S/C14H20N2O/c1-10-8-12(10)9-16-14(17)7-4-11-2-5-13(15)6-3-11/h2-3,5-6,10,12H,4,7-9,15H2,1H3,(H,16,17). The fourth-order valence-corrected chi connectivity index (χ4v) is 1.96. The largest absolute Gasteiger partial charge is 0.399 e. The second kappa shape index (κ2) is 5.21. The molecule has 0 aromatic heterocycles. The molecule has 2 rings (SSSR count). The number of rotatable bonds is 5. The molecule has 1 amide bonds. The van der Waals surface area contributed by atoms with Crippen molar-refractivity contribution in [2.45, 2.75) is 26.2 Å². The van der Waals surface area contributed by atoms with Gasteiger partial charge in [-0.15, -0.1) is 0 Å². The fraction of sp³-hybridized carbons (Fsp3) is 0.500. The molecule has 3 heteroatoms. The number of hydrogen-bond acceptors (Lipinski definition) is 2. The Labute approximate surface area is 102 Å². The molecule has 0 heterocycles. The molecule has 1 aliphatic rings. The van der Waals surface area contributed by atoms with Crippen LogP contribution in [0.3, 0.4) is 0 Å². The smallest absolute Gasteiger partial charge is 0.220 e. The lowest BCUT2D eigenvalue weighted by Gasteiger charge is -2.04. The molecule has 0 bridgehead atoms. The molecule has 1 aromatic carbocycles. The van der Waals surface area contributed by atoms with E-state index in [0.29, 0.717) is 6.42 Å². The van der Waals surface area contributed by atoms with Crippen LogP contribution in [0.1, 0.15) is 25.3 Å². The van der Waals surface area contributed by atoms with E-state index in [0.717, 1.165) is 36.1 Å². The molecular formula is C14H20N2O. The van der Waals surface area contributed by atoms with Crippen molar-refractivity contribution in [2.75, 3.05) is 12.3 Å². The van der Waals surface area contributed by atoms with E-state index >= 15 is 0 Å². The average molecular weight is 232 g/mol. The van der Waals surface area contributed by atoms with Crippen LogP contribution in [0.15, 0.2) is 24.3 Å². The first-order valence-corrected chi connectivity index (χ1v) is 6.26. The van der Waals surface area contributed by atoms with Crippen LogP contribution in [0.5, 0.6) is 0 Å². The molecule has 1 fully saturated rings. The van der Waals surface area contributed by atoms with Crippen molar-refractivity contribution in [3.63, 3.8) is 0 Å². The Balaban J connectivity index is 1.67. The predicted octanol–water partition coefficient (Wildman–Crippen LogP) is 1.97. The van der Waals surface area contributed by atoms with Gasteiger partial charge in [0.25, 0.3) is 0 Å². The third-order valence-corrected chi connectivity index (χ3v) is 3.46. The predicted molar refractivity (Wildman–Crippen MR) is 69.5 cm³/mol. The molecule has 17 heavy (non-hydrogen) atoms. The van der Waals surface area contributed by atoms with Crippen molar-refractivity contribution < 1.29 is 4.79 Å². The quantitative estimate of drug-likeness (QED) is 0.763. The first-order valence-electron chi connectivity index (χ1n) is 6.26. The van der Waals surface area contributed by atoms with E-state index in [2.05, 4.69) is 12.2 Å². The highest BCUT2D eigenvalue weighted by Gasteiger charge is 2.32. The summed E-state index contributed by atoms with van der Waals surface area (Å²) in [5, 5.41) is 2.99. The molecule has 92 valence electrons. The van der Waals surface area contributed by atoms with Crippen LogP contribution in [-0.2, 0) is 11.2 Å². The van der Waals surface area contributed by atoms with E-state index in [4.69, 9.17) is 5.73 Å². The second-order valence-electron chi connectivity index (χ2n) is 5.02. The zero-order valence-electron chi connectivity index (χ0n) is 10.3. The maximum absolute atomic E-state index is 11.6. The van der Waals surface area contributed by atoms with Gasteiger partial charge in [-0.3, -0.25) is 4.79 Å². The molecule has 1 saturated carbocycles. The Morgan fingerprint density at radius 3 is 2.65 bits per heavy atom. The maximum Gasteiger partial charge on any atom is 0.220 e. The van der Waals surface area contributed by atoms with Crippen molar-refractivity contribution in [3.8, 4) is 0 Å². The van der Waals surface area contributed by atoms with Crippen molar-refractivity contribution in [1.82, 2.24) is 5.32 Å². The first-order chi connectivity index (χ1) is 8.15. The summed E-state index contributed by atoms with van der Waals surface area (Å²) in [6, 6.07) is 7.70. The number of benzene rings is 1. The highest BCUT2D eigenvalue weighted by molar-refractivity contribution is 5.76. The van der Waals surface area contributed by atoms with Crippen molar-refractivity contribution >= 4 is 11.6 Å². The Hall–Kier alpha value is -1.51.